The molecule has 124 valence electrons. The Bertz CT molecular complexity index is 1000. The molecule has 1 amide bonds. The quantitative estimate of drug-likeness (QED) is 0.465. The molecule has 3 heterocycles. The van der Waals surface area contributed by atoms with E-state index in [0.29, 0.717) is 10.7 Å². The zero-order chi connectivity index (χ0) is 17.2. The third-order valence-corrected chi connectivity index (χ3v) is 5.98. The van der Waals surface area contributed by atoms with E-state index in [1.165, 1.54) is 14.4 Å². The summed E-state index contributed by atoms with van der Waals surface area (Å²) in [7, 11) is 0. The molecule has 25 heavy (non-hydrogen) atoms. The molecule has 0 aliphatic rings. The van der Waals surface area contributed by atoms with Crippen molar-refractivity contribution in [2.75, 3.05) is 5.32 Å². The third kappa shape index (κ3) is 3.37. The zero-order valence-electron chi connectivity index (χ0n) is 12.8. The summed E-state index contributed by atoms with van der Waals surface area (Å²) in [5.74, 6) is 0. The average molecular weight is 386 g/mol. The molecule has 4 nitrogen and oxygen atoms in total. The normalized spacial score (nSPS) is 10.8. The smallest absolute Gasteiger partial charge is 0.306 e. The molecule has 0 atom stereocenters. The molecular weight excluding hydrogens is 374 g/mol. The molecule has 0 bridgehead atoms. The number of rotatable bonds is 3. The largest absolute Gasteiger partial charge is 0.347 e. The first kappa shape index (κ1) is 16.1. The molecular formula is C18H12ClN3OS2. The Labute approximate surface area is 157 Å². The highest BCUT2D eigenvalue weighted by molar-refractivity contribution is 7.23. The van der Waals surface area contributed by atoms with Crippen LogP contribution in [0.3, 0.4) is 0 Å². The number of nitrogens with zero attached hydrogens (tertiary/aromatic N) is 2. The van der Waals surface area contributed by atoms with Crippen molar-refractivity contribution in [3.05, 3.63) is 71.2 Å². The minimum absolute atomic E-state index is 0.312. The van der Waals surface area contributed by atoms with Gasteiger partial charge in [-0.25, -0.2) is 4.79 Å². The number of carbonyl (C=O) groups is 1. The van der Waals surface area contributed by atoms with Crippen LogP contribution in [0.25, 0.3) is 20.3 Å². The van der Waals surface area contributed by atoms with E-state index in [4.69, 9.17) is 11.6 Å². The minimum atomic E-state index is -0.312. The maximum atomic E-state index is 12.6. The van der Waals surface area contributed by atoms with Gasteiger partial charge in [0, 0.05) is 20.5 Å². The number of aromatic nitrogens is 2. The summed E-state index contributed by atoms with van der Waals surface area (Å²) in [6.07, 6.45) is 1.63. The fourth-order valence-electron chi connectivity index (χ4n) is 2.39. The summed E-state index contributed by atoms with van der Waals surface area (Å²) in [5, 5.41) is 9.67. The number of thiophene rings is 2. The standard InChI is InChI=1S/C18H12ClN3OS2/c19-12-3-5-13(6-4-12)21-18(23)22-14(9-10-20-22)15-7-8-17(25-15)16-2-1-11-24-16/h1-11H,(H,21,23). The van der Waals surface area contributed by atoms with Gasteiger partial charge in [-0.1, -0.05) is 17.7 Å². The van der Waals surface area contributed by atoms with Crippen molar-refractivity contribution in [3.8, 4) is 20.3 Å². The number of amides is 1. The predicted molar refractivity (Wildman–Crippen MR) is 105 cm³/mol. The van der Waals surface area contributed by atoms with E-state index in [-0.39, 0.29) is 6.03 Å². The van der Waals surface area contributed by atoms with Gasteiger partial charge in [0.15, 0.2) is 0 Å². The molecule has 0 saturated heterocycles. The molecule has 0 fully saturated rings. The number of anilines is 1. The molecule has 3 aromatic heterocycles. The molecule has 0 spiro atoms. The summed E-state index contributed by atoms with van der Waals surface area (Å²) in [4.78, 5) is 15.9. The number of halogens is 1. The van der Waals surface area contributed by atoms with Crippen LogP contribution in [0.4, 0.5) is 10.5 Å². The van der Waals surface area contributed by atoms with Gasteiger partial charge in [0.2, 0.25) is 0 Å². The van der Waals surface area contributed by atoms with E-state index in [0.717, 1.165) is 10.6 Å². The van der Waals surface area contributed by atoms with Crippen LogP contribution >= 0.6 is 34.3 Å². The maximum Gasteiger partial charge on any atom is 0.347 e. The maximum absolute atomic E-state index is 12.6. The van der Waals surface area contributed by atoms with E-state index in [1.54, 1.807) is 53.1 Å². The minimum Gasteiger partial charge on any atom is -0.306 e. The first-order chi connectivity index (χ1) is 12.2. The summed E-state index contributed by atoms with van der Waals surface area (Å²) < 4.78 is 1.37. The van der Waals surface area contributed by atoms with Gasteiger partial charge < -0.3 is 5.32 Å². The number of carbonyl (C=O) groups excluding carboxylic acids is 1. The Morgan fingerprint density at radius 3 is 2.56 bits per heavy atom. The van der Waals surface area contributed by atoms with E-state index in [1.807, 2.05) is 18.2 Å². The van der Waals surface area contributed by atoms with Crippen LogP contribution in [0, 0.1) is 0 Å². The van der Waals surface area contributed by atoms with E-state index >= 15 is 0 Å². The number of hydrogen-bond acceptors (Lipinski definition) is 4. The lowest BCUT2D eigenvalue weighted by molar-refractivity contribution is 0.251. The van der Waals surface area contributed by atoms with Crippen LogP contribution < -0.4 is 5.32 Å². The molecule has 0 aliphatic carbocycles. The third-order valence-electron chi connectivity index (χ3n) is 3.55. The zero-order valence-corrected chi connectivity index (χ0v) is 15.2. The molecule has 1 N–H and O–H groups in total. The monoisotopic (exact) mass is 385 g/mol. The van der Waals surface area contributed by atoms with Gasteiger partial charge in [0.05, 0.1) is 16.8 Å². The Kier molecular flexibility index (Phi) is 4.40. The highest BCUT2D eigenvalue weighted by atomic mass is 35.5. The van der Waals surface area contributed by atoms with Gasteiger partial charge in [0.25, 0.3) is 0 Å². The second kappa shape index (κ2) is 6.84. The molecule has 4 aromatic rings. The van der Waals surface area contributed by atoms with Crippen LogP contribution in [-0.4, -0.2) is 15.8 Å². The van der Waals surface area contributed by atoms with Crippen molar-refractivity contribution in [1.29, 1.82) is 0 Å². The molecule has 0 aliphatic heterocycles. The summed E-state index contributed by atoms with van der Waals surface area (Å²) in [6.45, 7) is 0. The van der Waals surface area contributed by atoms with Crippen LogP contribution in [0.15, 0.2) is 66.2 Å². The van der Waals surface area contributed by atoms with Gasteiger partial charge in [-0.2, -0.15) is 9.78 Å². The number of benzene rings is 1. The lowest BCUT2D eigenvalue weighted by atomic mass is 10.3. The highest BCUT2D eigenvalue weighted by Crippen LogP contribution is 2.36. The first-order valence-corrected chi connectivity index (χ1v) is 9.53. The number of hydrogen-bond donors (Lipinski definition) is 1. The Morgan fingerprint density at radius 2 is 1.80 bits per heavy atom. The Balaban J connectivity index is 1.60. The molecule has 0 radical (unpaired) electrons. The fourth-order valence-corrected chi connectivity index (χ4v) is 4.37. The van der Waals surface area contributed by atoms with Crippen LogP contribution in [0.2, 0.25) is 5.02 Å². The lowest BCUT2D eigenvalue weighted by Crippen LogP contribution is -2.21. The van der Waals surface area contributed by atoms with Crippen LogP contribution in [-0.2, 0) is 0 Å². The van der Waals surface area contributed by atoms with Crippen LogP contribution in [0.1, 0.15) is 0 Å². The van der Waals surface area contributed by atoms with Gasteiger partial charge in [-0.05, 0) is 53.9 Å². The fraction of sp³-hybridized carbons (Fsp3) is 0. The molecule has 7 heteroatoms. The van der Waals surface area contributed by atoms with Crippen molar-refractivity contribution < 1.29 is 4.79 Å². The SMILES string of the molecule is O=C(Nc1ccc(Cl)cc1)n1nccc1-c1ccc(-c2cccs2)s1. The molecule has 1 aromatic carbocycles. The van der Waals surface area contributed by atoms with Crippen molar-refractivity contribution in [2.45, 2.75) is 0 Å². The van der Waals surface area contributed by atoms with E-state index in [2.05, 4.69) is 27.9 Å². The van der Waals surface area contributed by atoms with Gasteiger partial charge in [-0.3, -0.25) is 0 Å². The summed E-state index contributed by atoms with van der Waals surface area (Å²) in [5.41, 5.74) is 1.43. The van der Waals surface area contributed by atoms with Crippen molar-refractivity contribution in [3.63, 3.8) is 0 Å². The van der Waals surface area contributed by atoms with Crippen molar-refractivity contribution in [1.82, 2.24) is 9.78 Å². The van der Waals surface area contributed by atoms with Gasteiger partial charge >= 0.3 is 6.03 Å². The average Bonchev–Trinajstić information content (AvgIpc) is 3.36. The Hall–Kier alpha value is -2.41. The predicted octanol–water partition coefficient (Wildman–Crippen LogP) is 6.07. The Morgan fingerprint density at radius 1 is 1.00 bits per heavy atom. The molecule has 0 unspecified atom stereocenters. The number of nitrogens with one attached hydrogen (secondary N) is 1. The topological polar surface area (TPSA) is 46.9 Å². The van der Waals surface area contributed by atoms with Crippen molar-refractivity contribution >= 4 is 46.0 Å². The van der Waals surface area contributed by atoms with E-state index < -0.39 is 0 Å². The second-order valence-electron chi connectivity index (χ2n) is 5.21. The van der Waals surface area contributed by atoms with Gasteiger partial charge in [-0.15, -0.1) is 22.7 Å². The van der Waals surface area contributed by atoms with Gasteiger partial charge in [0.1, 0.15) is 0 Å². The summed E-state index contributed by atoms with van der Waals surface area (Å²) >= 11 is 9.21. The van der Waals surface area contributed by atoms with Crippen LogP contribution in [0.5, 0.6) is 0 Å². The second-order valence-corrected chi connectivity index (χ2v) is 7.67. The highest BCUT2D eigenvalue weighted by Gasteiger charge is 2.15. The first-order valence-electron chi connectivity index (χ1n) is 7.46. The van der Waals surface area contributed by atoms with E-state index in [9.17, 15) is 4.79 Å². The summed E-state index contributed by atoms with van der Waals surface area (Å²) in [6, 6.07) is 16.7. The molecule has 4 rings (SSSR count). The van der Waals surface area contributed by atoms with Crippen molar-refractivity contribution in [2.24, 2.45) is 0 Å². The molecule has 0 saturated carbocycles. The lowest BCUT2D eigenvalue weighted by Gasteiger charge is -2.07.